The number of hydrogen-bond acceptors (Lipinski definition) is 5. The van der Waals surface area contributed by atoms with Crippen molar-refractivity contribution in [1.82, 2.24) is 9.13 Å². The van der Waals surface area contributed by atoms with E-state index in [2.05, 4.69) is 5.32 Å². The number of fused-ring (bicyclic) bond motifs is 1. The summed E-state index contributed by atoms with van der Waals surface area (Å²) >= 11 is 0. The highest BCUT2D eigenvalue weighted by Crippen LogP contribution is 2.11. The summed E-state index contributed by atoms with van der Waals surface area (Å²) in [6, 6.07) is 15.2. The fourth-order valence-corrected chi connectivity index (χ4v) is 3.10. The van der Waals surface area contributed by atoms with Crippen molar-refractivity contribution in [1.29, 1.82) is 5.26 Å². The largest absolute Gasteiger partial charge is 0.385 e. The zero-order valence-corrected chi connectivity index (χ0v) is 15.9. The molecule has 1 amide bonds. The number of para-hydroxylation sites is 1. The van der Waals surface area contributed by atoms with Crippen molar-refractivity contribution >= 4 is 22.5 Å². The van der Waals surface area contributed by atoms with Crippen molar-refractivity contribution in [3.63, 3.8) is 0 Å². The van der Waals surface area contributed by atoms with Crippen molar-refractivity contribution < 1.29 is 9.53 Å². The summed E-state index contributed by atoms with van der Waals surface area (Å²) in [4.78, 5) is 38.2. The third-order valence-electron chi connectivity index (χ3n) is 4.44. The van der Waals surface area contributed by atoms with Crippen LogP contribution in [0.5, 0.6) is 0 Å². The van der Waals surface area contributed by atoms with E-state index < -0.39 is 11.6 Å². The molecule has 0 radical (unpaired) electrons. The fourth-order valence-electron chi connectivity index (χ4n) is 3.10. The molecule has 0 saturated heterocycles. The van der Waals surface area contributed by atoms with E-state index in [0.29, 0.717) is 35.2 Å². The summed E-state index contributed by atoms with van der Waals surface area (Å²) in [7, 11) is 1.55. The highest BCUT2D eigenvalue weighted by atomic mass is 16.5. The van der Waals surface area contributed by atoms with Gasteiger partial charge in [-0.3, -0.25) is 18.7 Å². The number of nitrogens with zero attached hydrogens (tertiary/aromatic N) is 3. The lowest BCUT2D eigenvalue weighted by Gasteiger charge is -2.14. The summed E-state index contributed by atoms with van der Waals surface area (Å²) in [5.74, 6) is -0.436. The second-order valence-corrected chi connectivity index (χ2v) is 6.43. The summed E-state index contributed by atoms with van der Waals surface area (Å²) in [6.07, 6.45) is 0.497. The van der Waals surface area contributed by atoms with Crippen LogP contribution in [0.4, 0.5) is 5.69 Å². The number of ether oxygens (including phenoxy) is 1. The number of nitrogens with one attached hydrogen (secondary N) is 1. The Hall–Kier alpha value is -3.70. The van der Waals surface area contributed by atoms with E-state index in [1.807, 2.05) is 6.07 Å². The lowest BCUT2D eigenvalue weighted by atomic mass is 10.2. The molecule has 0 fully saturated rings. The third-order valence-corrected chi connectivity index (χ3v) is 4.44. The van der Waals surface area contributed by atoms with Gasteiger partial charge in [-0.1, -0.05) is 18.2 Å². The van der Waals surface area contributed by atoms with Crippen LogP contribution in [0.15, 0.2) is 58.1 Å². The van der Waals surface area contributed by atoms with Gasteiger partial charge in [0.05, 0.1) is 22.5 Å². The first-order valence-electron chi connectivity index (χ1n) is 9.06. The van der Waals surface area contributed by atoms with Crippen molar-refractivity contribution in [3.8, 4) is 6.07 Å². The molecular formula is C21H20N4O4. The van der Waals surface area contributed by atoms with E-state index in [1.165, 1.54) is 4.57 Å². The molecule has 29 heavy (non-hydrogen) atoms. The van der Waals surface area contributed by atoms with Crippen molar-refractivity contribution in [2.75, 3.05) is 19.0 Å². The molecule has 0 aliphatic carbocycles. The summed E-state index contributed by atoms with van der Waals surface area (Å²) in [5.41, 5.74) is 0.328. The highest BCUT2D eigenvalue weighted by Gasteiger charge is 2.15. The quantitative estimate of drug-likeness (QED) is 0.616. The Kier molecular flexibility index (Phi) is 6.22. The Balaban J connectivity index is 1.97. The number of aromatic nitrogens is 2. The van der Waals surface area contributed by atoms with Gasteiger partial charge in [0.15, 0.2) is 0 Å². The number of hydrogen-bond donors (Lipinski definition) is 1. The highest BCUT2D eigenvalue weighted by molar-refractivity contribution is 5.91. The van der Waals surface area contributed by atoms with Crippen LogP contribution < -0.4 is 16.6 Å². The van der Waals surface area contributed by atoms with Crippen molar-refractivity contribution in [2.24, 2.45) is 0 Å². The molecule has 0 aliphatic heterocycles. The minimum atomic E-state index is -0.550. The molecule has 0 aliphatic rings. The molecule has 1 aromatic heterocycles. The number of amides is 1. The first-order chi connectivity index (χ1) is 14.0. The fraction of sp³-hybridized carbons (Fsp3) is 0.238. The minimum Gasteiger partial charge on any atom is -0.385 e. The van der Waals surface area contributed by atoms with Crippen LogP contribution >= 0.6 is 0 Å². The Morgan fingerprint density at radius 2 is 1.93 bits per heavy atom. The average Bonchev–Trinajstić information content (AvgIpc) is 2.73. The zero-order chi connectivity index (χ0) is 20.8. The number of nitriles is 1. The van der Waals surface area contributed by atoms with Gasteiger partial charge in [0.25, 0.3) is 5.56 Å². The topological polar surface area (TPSA) is 106 Å². The van der Waals surface area contributed by atoms with Crippen LogP contribution in [0.2, 0.25) is 0 Å². The SMILES string of the molecule is COCCCn1c(=O)c2ccccc2n(CC(=O)Nc2cccc(C#N)c2)c1=O. The maximum atomic E-state index is 12.9. The van der Waals surface area contributed by atoms with Gasteiger partial charge in [-0.2, -0.15) is 5.26 Å². The number of methoxy groups -OCH3 is 1. The van der Waals surface area contributed by atoms with Gasteiger partial charge >= 0.3 is 5.69 Å². The molecule has 0 atom stereocenters. The molecule has 3 rings (SSSR count). The van der Waals surface area contributed by atoms with Crippen LogP contribution in [-0.2, 0) is 22.6 Å². The first kappa shape index (κ1) is 20.0. The molecule has 1 N–H and O–H groups in total. The van der Waals surface area contributed by atoms with Crippen LogP contribution in [-0.4, -0.2) is 28.8 Å². The summed E-state index contributed by atoms with van der Waals surface area (Å²) < 4.78 is 7.41. The summed E-state index contributed by atoms with van der Waals surface area (Å²) in [6.45, 7) is 0.345. The molecule has 3 aromatic rings. The van der Waals surface area contributed by atoms with Crippen LogP contribution in [0.3, 0.4) is 0 Å². The van der Waals surface area contributed by atoms with Gasteiger partial charge in [0, 0.05) is 25.9 Å². The molecule has 0 saturated carbocycles. The number of benzene rings is 2. The maximum absolute atomic E-state index is 12.9. The van der Waals surface area contributed by atoms with E-state index in [9.17, 15) is 14.4 Å². The van der Waals surface area contributed by atoms with Crippen molar-refractivity contribution in [2.45, 2.75) is 19.5 Å². The van der Waals surface area contributed by atoms with E-state index in [4.69, 9.17) is 10.00 Å². The van der Waals surface area contributed by atoms with E-state index in [1.54, 1.807) is 55.6 Å². The number of anilines is 1. The van der Waals surface area contributed by atoms with Crippen LogP contribution in [0.1, 0.15) is 12.0 Å². The zero-order valence-electron chi connectivity index (χ0n) is 15.9. The molecule has 1 heterocycles. The third kappa shape index (κ3) is 4.42. The monoisotopic (exact) mass is 392 g/mol. The molecular weight excluding hydrogens is 372 g/mol. The van der Waals surface area contributed by atoms with Gasteiger partial charge in [-0.15, -0.1) is 0 Å². The van der Waals surface area contributed by atoms with E-state index >= 15 is 0 Å². The minimum absolute atomic E-state index is 0.197. The van der Waals surface area contributed by atoms with Gasteiger partial charge in [-0.05, 0) is 36.8 Å². The Morgan fingerprint density at radius 3 is 2.69 bits per heavy atom. The first-order valence-corrected chi connectivity index (χ1v) is 9.06. The van der Waals surface area contributed by atoms with Gasteiger partial charge in [0.2, 0.25) is 5.91 Å². The van der Waals surface area contributed by atoms with Gasteiger partial charge in [-0.25, -0.2) is 4.79 Å². The predicted molar refractivity (Wildman–Crippen MR) is 109 cm³/mol. The maximum Gasteiger partial charge on any atom is 0.331 e. The Labute approximate surface area is 166 Å². The lowest BCUT2D eigenvalue weighted by molar-refractivity contribution is -0.116. The van der Waals surface area contributed by atoms with E-state index in [-0.39, 0.29) is 18.6 Å². The van der Waals surface area contributed by atoms with Crippen LogP contribution in [0, 0.1) is 11.3 Å². The normalized spacial score (nSPS) is 10.6. The molecule has 8 nitrogen and oxygen atoms in total. The Morgan fingerprint density at radius 1 is 1.14 bits per heavy atom. The van der Waals surface area contributed by atoms with E-state index in [0.717, 1.165) is 4.57 Å². The lowest BCUT2D eigenvalue weighted by Crippen LogP contribution is -2.42. The van der Waals surface area contributed by atoms with Crippen LogP contribution in [0.25, 0.3) is 10.9 Å². The molecule has 0 spiro atoms. The number of rotatable bonds is 7. The number of carbonyl (C=O) groups is 1. The van der Waals surface area contributed by atoms with Crippen molar-refractivity contribution in [3.05, 3.63) is 74.9 Å². The molecule has 2 aromatic carbocycles. The van der Waals surface area contributed by atoms with Gasteiger partial charge in [0.1, 0.15) is 6.54 Å². The molecule has 0 unspecified atom stereocenters. The summed E-state index contributed by atoms with van der Waals surface area (Å²) in [5, 5.41) is 12.0. The Bertz CT molecular complexity index is 1200. The molecule has 8 heteroatoms. The van der Waals surface area contributed by atoms with Gasteiger partial charge < -0.3 is 10.1 Å². The number of carbonyl (C=O) groups excluding carboxylic acids is 1. The predicted octanol–water partition coefficient (Wildman–Crippen LogP) is 1.71. The average molecular weight is 392 g/mol. The molecule has 0 bridgehead atoms. The standard InChI is InChI=1S/C21H20N4O4/c1-29-11-5-10-24-20(27)17-8-2-3-9-18(17)25(21(24)28)14-19(26)23-16-7-4-6-15(12-16)13-22/h2-4,6-9,12H,5,10-11,14H2,1H3,(H,23,26). The smallest absolute Gasteiger partial charge is 0.331 e. The molecule has 148 valence electrons. The second kappa shape index (κ2) is 8.99. The second-order valence-electron chi connectivity index (χ2n) is 6.43.